The van der Waals surface area contributed by atoms with Crippen molar-refractivity contribution in [3.05, 3.63) is 42.4 Å². The lowest BCUT2D eigenvalue weighted by Gasteiger charge is -2.11. The second-order valence-corrected chi connectivity index (χ2v) is 8.03. The summed E-state index contributed by atoms with van der Waals surface area (Å²) in [5, 5.41) is 9.60. The van der Waals surface area contributed by atoms with E-state index in [1.54, 1.807) is 23.3 Å². The minimum Gasteiger partial charge on any atom is -0.338 e. The molecule has 0 aliphatic carbocycles. The van der Waals surface area contributed by atoms with Crippen LogP contribution in [0.15, 0.2) is 36.8 Å². The average Bonchev–Trinajstić information content (AvgIpc) is 3.21. The molecule has 1 fully saturated rings. The number of aromatic nitrogens is 3. The number of nitrogens with zero attached hydrogens (tertiary/aromatic N) is 3. The van der Waals surface area contributed by atoms with E-state index >= 15 is 0 Å². The first-order chi connectivity index (χ1) is 11.5. The van der Waals surface area contributed by atoms with Gasteiger partial charge in [0.25, 0.3) is 0 Å². The molecule has 2 aromatic heterocycles. The first-order valence-corrected chi connectivity index (χ1v) is 9.51. The van der Waals surface area contributed by atoms with Crippen molar-refractivity contribution in [2.75, 3.05) is 18.1 Å². The summed E-state index contributed by atoms with van der Waals surface area (Å²) in [4.78, 5) is 16.1. The van der Waals surface area contributed by atoms with Gasteiger partial charge in [-0.05, 0) is 36.1 Å². The number of rotatable bonds is 5. The van der Waals surface area contributed by atoms with Gasteiger partial charge in [0.1, 0.15) is 0 Å². The van der Waals surface area contributed by atoms with Crippen LogP contribution in [0.2, 0.25) is 0 Å². The van der Waals surface area contributed by atoms with E-state index in [1.807, 2.05) is 18.2 Å². The van der Waals surface area contributed by atoms with E-state index < -0.39 is 9.84 Å². The number of carbonyl (C=O) groups excluding carboxylic acids is 1. The van der Waals surface area contributed by atoms with Gasteiger partial charge in [0.05, 0.1) is 11.5 Å². The van der Waals surface area contributed by atoms with Gasteiger partial charge < -0.3 is 10.6 Å². The number of sulfone groups is 1. The third-order valence-corrected chi connectivity index (χ3v) is 5.72. The highest BCUT2D eigenvalue weighted by Crippen LogP contribution is 2.17. The molecule has 1 aliphatic rings. The Kier molecular flexibility index (Phi) is 4.79. The molecule has 0 spiro atoms. The zero-order chi connectivity index (χ0) is 17.0. The maximum absolute atomic E-state index is 11.8. The predicted molar refractivity (Wildman–Crippen MR) is 88.4 cm³/mol. The SMILES string of the molecule is O=C(NCc1ccnc(-n2cccn2)c1)NCC1CCS(=O)(=O)C1. The number of carbonyl (C=O) groups is 1. The topological polar surface area (TPSA) is 106 Å². The van der Waals surface area contributed by atoms with Gasteiger partial charge in [-0.3, -0.25) is 0 Å². The van der Waals surface area contributed by atoms with E-state index in [-0.39, 0.29) is 23.5 Å². The standard InChI is InChI=1S/C15H19N5O3S/c21-15(18-10-13-3-7-24(22,23)11-13)17-9-12-2-5-16-14(8-12)20-6-1-4-19-20/h1-2,4-6,8,13H,3,7,9-11H2,(H2,17,18,21). The second kappa shape index (κ2) is 7.00. The Morgan fingerprint density at radius 2 is 2.21 bits per heavy atom. The first kappa shape index (κ1) is 16.4. The molecule has 2 N–H and O–H groups in total. The van der Waals surface area contributed by atoms with Crippen LogP contribution in [0.25, 0.3) is 5.82 Å². The molecule has 9 heteroatoms. The van der Waals surface area contributed by atoms with E-state index in [0.29, 0.717) is 25.3 Å². The first-order valence-electron chi connectivity index (χ1n) is 7.69. The molecular formula is C15H19N5O3S. The van der Waals surface area contributed by atoms with Gasteiger partial charge in [-0.25, -0.2) is 22.9 Å². The maximum Gasteiger partial charge on any atom is 0.315 e. The number of hydrogen-bond donors (Lipinski definition) is 2. The van der Waals surface area contributed by atoms with Crippen LogP contribution in [-0.2, 0) is 16.4 Å². The van der Waals surface area contributed by atoms with Gasteiger partial charge >= 0.3 is 6.03 Å². The van der Waals surface area contributed by atoms with Crippen molar-refractivity contribution in [2.24, 2.45) is 5.92 Å². The fourth-order valence-corrected chi connectivity index (χ4v) is 4.48. The Balaban J connectivity index is 1.47. The molecule has 128 valence electrons. The van der Waals surface area contributed by atoms with Gasteiger partial charge in [-0.1, -0.05) is 0 Å². The normalized spacial score (nSPS) is 19.1. The van der Waals surface area contributed by atoms with Gasteiger partial charge in [-0.15, -0.1) is 0 Å². The lowest BCUT2D eigenvalue weighted by molar-refractivity contribution is 0.239. The molecule has 24 heavy (non-hydrogen) atoms. The van der Waals surface area contributed by atoms with E-state index in [2.05, 4.69) is 20.7 Å². The molecule has 1 aliphatic heterocycles. The molecule has 8 nitrogen and oxygen atoms in total. The third kappa shape index (κ3) is 4.31. The lowest BCUT2D eigenvalue weighted by atomic mass is 10.1. The minimum atomic E-state index is -2.91. The van der Waals surface area contributed by atoms with Crippen LogP contribution in [-0.4, -0.2) is 47.3 Å². The minimum absolute atomic E-state index is 0.00749. The quantitative estimate of drug-likeness (QED) is 0.818. The van der Waals surface area contributed by atoms with Crippen molar-refractivity contribution in [2.45, 2.75) is 13.0 Å². The summed E-state index contributed by atoms with van der Waals surface area (Å²) in [6.07, 6.45) is 5.74. The van der Waals surface area contributed by atoms with E-state index in [1.165, 1.54) is 0 Å². The van der Waals surface area contributed by atoms with E-state index in [0.717, 1.165) is 5.56 Å². The van der Waals surface area contributed by atoms with Crippen LogP contribution in [0.1, 0.15) is 12.0 Å². The molecule has 3 rings (SSSR count). The molecule has 0 bridgehead atoms. The molecule has 1 saturated heterocycles. The van der Waals surface area contributed by atoms with Crippen molar-refractivity contribution in [3.63, 3.8) is 0 Å². The Morgan fingerprint density at radius 3 is 2.92 bits per heavy atom. The zero-order valence-electron chi connectivity index (χ0n) is 13.1. The smallest absolute Gasteiger partial charge is 0.315 e. The Bertz CT molecular complexity index is 804. The van der Waals surface area contributed by atoms with E-state index in [4.69, 9.17) is 0 Å². The number of nitrogens with one attached hydrogen (secondary N) is 2. The molecule has 2 aromatic rings. The predicted octanol–water partition coefficient (Wildman–Crippen LogP) is 0.501. The molecule has 0 radical (unpaired) electrons. The lowest BCUT2D eigenvalue weighted by Crippen LogP contribution is -2.38. The van der Waals surface area contributed by atoms with Crippen LogP contribution in [0, 0.1) is 5.92 Å². The number of hydrogen-bond acceptors (Lipinski definition) is 5. The van der Waals surface area contributed by atoms with Crippen LogP contribution in [0.4, 0.5) is 4.79 Å². The summed E-state index contributed by atoms with van der Waals surface area (Å²) >= 11 is 0. The molecule has 0 aromatic carbocycles. The Labute approximate surface area is 140 Å². The number of pyridine rings is 1. The summed E-state index contributed by atoms with van der Waals surface area (Å²) in [6, 6.07) is 5.16. The average molecular weight is 349 g/mol. The van der Waals surface area contributed by atoms with Gasteiger partial charge in [0.15, 0.2) is 15.7 Å². The fourth-order valence-electron chi connectivity index (χ4n) is 2.62. The number of urea groups is 1. The van der Waals surface area contributed by atoms with Gasteiger partial charge in [-0.2, -0.15) is 5.10 Å². The van der Waals surface area contributed by atoms with Crippen molar-refractivity contribution >= 4 is 15.9 Å². The molecule has 1 unspecified atom stereocenters. The van der Waals surface area contributed by atoms with Gasteiger partial charge in [0.2, 0.25) is 0 Å². The van der Waals surface area contributed by atoms with Crippen LogP contribution in [0.3, 0.4) is 0 Å². The fraction of sp³-hybridized carbons (Fsp3) is 0.400. The largest absolute Gasteiger partial charge is 0.338 e. The molecule has 1 atom stereocenters. The summed E-state index contributed by atoms with van der Waals surface area (Å²) in [6.45, 7) is 0.728. The summed E-state index contributed by atoms with van der Waals surface area (Å²) in [5.41, 5.74) is 0.897. The Morgan fingerprint density at radius 1 is 1.33 bits per heavy atom. The Hall–Kier alpha value is -2.42. The van der Waals surface area contributed by atoms with Crippen molar-refractivity contribution < 1.29 is 13.2 Å². The van der Waals surface area contributed by atoms with Crippen LogP contribution < -0.4 is 10.6 Å². The molecule has 0 saturated carbocycles. The van der Waals surface area contributed by atoms with Crippen LogP contribution >= 0.6 is 0 Å². The highest BCUT2D eigenvalue weighted by Gasteiger charge is 2.27. The van der Waals surface area contributed by atoms with Crippen molar-refractivity contribution in [3.8, 4) is 5.82 Å². The van der Waals surface area contributed by atoms with Gasteiger partial charge in [0, 0.05) is 31.7 Å². The van der Waals surface area contributed by atoms with Crippen molar-refractivity contribution in [1.29, 1.82) is 0 Å². The highest BCUT2D eigenvalue weighted by molar-refractivity contribution is 7.91. The third-order valence-electron chi connectivity index (χ3n) is 3.88. The van der Waals surface area contributed by atoms with Crippen molar-refractivity contribution in [1.82, 2.24) is 25.4 Å². The summed E-state index contributed by atoms with van der Waals surface area (Å²) in [7, 11) is -2.91. The van der Waals surface area contributed by atoms with E-state index in [9.17, 15) is 13.2 Å². The maximum atomic E-state index is 11.8. The monoisotopic (exact) mass is 349 g/mol. The molecule has 2 amide bonds. The molecule has 3 heterocycles. The second-order valence-electron chi connectivity index (χ2n) is 5.81. The molecular weight excluding hydrogens is 330 g/mol. The number of amides is 2. The zero-order valence-corrected chi connectivity index (χ0v) is 13.9. The summed E-state index contributed by atoms with van der Waals surface area (Å²) < 4.78 is 24.4. The summed E-state index contributed by atoms with van der Waals surface area (Å²) in [5.74, 6) is 1.06. The highest BCUT2D eigenvalue weighted by atomic mass is 32.2. The van der Waals surface area contributed by atoms with Crippen LogP contribution in [0.5, 0.6) is 0 Å².